The van der Waals surface area contributed by atoms with Crippen LogP contribution in [0.3, 0.4) is 0 Å². The Morgan fingerprint density at radius 1 is 1.14 bits per heavy atom. The van der Waals surface area contributed by atoms with Crippen LogP contribution in [0.2, 0.25) is 0 Å². The van der Waals surface area contributed by atoms with E-state index in [1.165, 1.54) is 5.56 Å². The Bertz CT molecular complexity index is 886. The minimum absolute atomic E-state index is 0.166. The summed E-state index contributed by atoms with van der Waals surface area (Å²) in [5, 5.41) is 3.39. The van der Waals surface area contributed by atoms with E-state index >= 15 is 0 Å². The molecule has 1 saturated heterocycles. The van der Waals surface area contributed by atoms with E-state index in [0.717, 1.165) is 48.7 Å². The fourth-order valence-corrected chi connectivity index (χ4v) is 4.31. The zero-order valence-electron chi connectivity index (χ0n) is 17.2. The molecule has 0 spiro atoms. The van der Waals surface area contributed by atoms with Gasteiger partial charge in [0.1, 0.15) is 0 Å². The molecule has 1 N–H and O–H groups in total. The molecule has 0 aliphatic carbocycles. The average Bonchev–Trinajstić information content (AvgIpc) is 3.11. The Kier molecular flexibility index (Phi) is 5.69. The summed E-state index contributed by atoms with van der Waals surface area (Å²) in [7, 11) is 0. The number of hydrogen-bond donors (Lipinski definition) is 1. The lowest BCUT2D eigenvalue weighted by Gasteiger charge is -2.35. The summed E-state index contributed by atoms with van der Waals surface area (Å²) in [5.74, 6) is 0.166. The van der Waals surface area contributed by atoms with Crippen molar-refractivity contribution in [3.63, 3.8) is 0 Å². The molecule has 1 fully saturated rings. The van der Waals surface area contributed by atoms with E-state index in [2.05, 4.69) is 36.7 Å². The summed E-state index contributed by atoms with van der Waals surface area (Å²) < 4.78 is 5.78. The minimum atomic E-state index is 0.166. The van der Waals surface area contributed by atoms with Gasteiger partial charge < -0.3 is 15.0 Å². The minimum Gasteiger partial charge on any atom is -0.373 e. The molecule has 4 rings (SSSR count). The summed E-state index contributed by atoms with van der Waals surface area (Å²) in [5.41, 5.74) is 5.17. The Balaban J connectivity index is 1.41. The number of fused-ring (bicyclic) bond motifs is 1. The van der Waals surface area contributed by atoms with Crippen molar-refractivity contribution in [1.82, 2.24) is 4.90 Å². The van der Waals surface area contributed by atoms with Crippen molar-refractivity contribution in [3.05, 3.63) is 66.2 Å². The van der Waals surface area contributed by atoms with Crippen molar-refractivity contribution >= 4 is 23.0 Å². The summed E-state index contributed by atoms with van der Waals surface area (Å²) in [6.07, 6.45) is 1.22. The first-order valence-corrected chi connectivity index (χ1v) is 10.3. The molecule has 0 saturated carbocycles. The smallest absolute Gasteiger partial charge is 0.241 e. The fraction of sp³-hybridized carbons (Fsp3) is 0.375. The van der Waals surface area contributed by atoms with Crippen LogP contribution in [-0.4, -0.2) is 49.2 Å². The fourth-order valence-electron chi connectivity index (χ4n) is 4.31. The first kappa shape index (κ1) is 19.7. The number of rotatable bonds is 5. The molecule has 5 nitrogen and oxygen atoms in total. The molecule has 0 aromatic heterocycles. The molecule has 2 aliphatic heterocycles. The number of ether oxygens (including phenoxy) is 1. The molecule has 2 heterocycles. The Morgan fingerprint density at radius 3 is 2.59 bits per heavy atom. The number of carbonyl (C=O) groups is 1. The number of anilines is 2. The standard InChI is InChI=1S/C24H29N3O2/c1-17-14-26(15-18(2)29-17)16-24(28)27-12-11-21-13-22(9-10-23(21)27)25-19(3)20-7-5-4-6-8-20/h4-10,13,17-18,25H,3,11-12,14-16H2,1-2H3. The van der Waals surface area contributed by atoms with Crippen LogP contribution in [0.5, 0.6) is 0 Å². The van der Waals surface area contributed by atoms with Crippen molar-refractivity contribution in [1.29, 1.82) is 0 Å². The van der Waals surface area contributed by atoms with Crippen LogP contribution in [0.15, 0.2) is 55.1 Å². The summed E-state index contributed by atoms with van der Waals surface area (Å²) in [6, 6.07) is 16.3. The van der Waals surface area contributed by atoms with Crippen LogP contribution in [-0.2, 0) is 16.0 Å². The Morgan fingerprint density at radius 2 is 1.86 bits per heavy atom. The normalized spacial score (nSPS) is 21.7. The third-order valence-corrected chi connectivity index (χ3v) is 5.55. The summed E-state index contributed by atoms with van der Waals surface area (Å²) in [6.45, 7) is 11.1. The van der Waals surface area contributed by atoms with Gasteiger partial charge in [-0.05, 0) is 49.6 Å². The largest absolute Gasteiger partial charge is 0.373 e. The van der Waals surface area contributed by atoms with E-state index in [-0.39, 0.29) is 18.1 Å². The average molecular weight is 392 g/mol. The van der Waals surface area contributed by atoms with Crippen molar-refractivity contribution in [3.8, 4) is 0 Å². The van der Waals surface area contributed by atoms with Gasteiger partial charge in [0.05, 0.1) is 18.8 Å². The predicted molar refractivity (Wildman–Crippen MR) is 118 cm³/mol. The zero-order valence-corrected chi connectivity index (χ0v) is 17.2. The summed E-state index contributed by atoms with van der Waals surface area (Å²) >= 11 is 0. The van der Waals surface area contributed by atoms with E-state index < -0.39 is 0 Å². The van der Waals surface area contributed by atoms with E-state index in [1.54, 1.807) is 0 Å². The van der Waals surface area contributed by atoms with Crippen LogP contribution in [0.1, 0.15) is 25.0 Å². The van der Waals surface area contributed by atoms with Gasteiger partial charge in [-0.15, -0.1) is 0 Å². The van der Waals surface area contributed by atoms with E-state index in [4.69, 9.17) is 4.74 Å². The highest BCUT2D eigenvalue weighted by Crippen LogP contribution is 2.31. The summed E-state index contributed by atoms with van der Waals surface area (Å²) in [4.78, 5) is 17.1. The molecular weight excluding hydrogens is 362 g/mol. The van der Waals surface area contributed by atoms with Crippen LogP contribution >= 0.6 is 0 Å². The number of hydrogen-bond acceptors (Lipinski definition) is 4. The molecule has 2 aromatic carbocycles. The molecule has 152 valence electrons. The number of nitrogens with zero attached hydrogens (tertiary/aromatic N) is 2. The number of nitrogens with one attached hydrogen (secondary N) is 1. The van der Waals surface area contributed by atoms with Gasteiger partial charge in [0.2, 0.25) is 5.91 Å². The highest BCUT2D eigenvalue weighted by atomic mass is 16.5. The maximum Gasteiger partial charge on any atom is 0.241 e. The third kappa shape index (κ3) is 4.52. The molecule has 5 heteroatoms. The highest BCUT2D eigenvalue weighted by Gasteiger charge is 2.29. The van der Waals surface area contributed by atoms with Gasteiger partial charge in [-0.3, -0.25) is 9.69 Å². The number of morpholine rings is 1. The topological polar surface area (TPSA) is 44.8 Å². The first-order chi connectivity index (χ1) is 14.0. The van der Waals surface area contributed by atoms with Crippen LogP contribution < -0.4 is 10.2 Å². The Labute approximate surface area is 173 Å². The molecule has 2 atom stereocenters. The Hall–Kier alpha value is -2.63. The molecule has 1 amide bonds. The zero-order chi connectivity index (χ0) is 20.4. The van der Waals surface area contributed by atoms with Gasteiger partial charge in [0, 0.05) is 36.7 Å². The van der Waals surface area contributed by atoms with Gasteiger partial charge in [-0.2, -0.15) is 0 Å². The maximum absolute atomic E-state index is 13.0. The van der Waals surface area contributed by atoms with Gasteiger partial charge in [0.25, 0.3) is 0 Å². The second-order valence-corrected chi connectivity index (χ2v) is 8.06. The molecule has 0 radical (unpaired) electrons. The van der Waals surface area contributed by atoms with Gasteiger partial charge in [-0.1, -0.05) is 36.9 Å². The highest BCUT2D eigenvalue weighted by molar-refractivity contribution is 5.97. The molecule has 0 bridgehead atoms. The second kappa shape index (κ2) is 8.39. The van der Waals surface area contributed by atoms with Crippen molar-refractivity contribution in [2.45, 2.75) is 32.5 Å². The van der Waals surface area contributed by atoms with E-state index in [0.29, 0.717) is 6.54 Å². The SMILES string of the molecule is C=C(Nc1ccc2c(c1)CCN2C(=O)CN1CC(C)OC(C)C1)c1ccccc1. The number of amides is 1. The van der Waals surface area contributed by atoms with Crippen molar-refractivity contribution in [2.75, 3.05) is 36.4 Å². The monoisotopic (exact) mass is 391 g/mol. The van der Waals surface area contributed by atoms with E-state index in [1.807, 2.05) is 47.4 Å². The number of carbonyl (C=O) groups excluding carboxylic acids is 1. The third-order valence-electron chi connectivity index (χ3n) is 5.55. The van der Waals surface area contributed by atoms with Crippen molar-refractivity contribution in [2.24, 2.45) is 0 Å². The lowest BCUT2D eigenvalue weighted by Crippen LogP contribution is -2.49. The lowest BCUT2D eigenvalue weighted by atomic mass is 10.1. The second-order valence-electron chi connectivity index (χ2n) is 8.06. The molecular formula is C24H29N3O2. The van der Waals surface area contributed by atoms with Gasteiger partial charge in [0.15, 0.2) is 0 Å². The van der Waals surface area contributed by atoms with Crippen LogP contribution in [0.4, 0.5) is 11.4 Å². The quantitative estimate of drug-likeness (QED) is 0.843. The molecule has 2 aliphatic rings. The van der Waals surface area contributed by atoms with Crippen LogP contribution in [0, 0.1) is 0 Å². The van der Waals surface area contributed by atoms with Gasteiger partial charge in [-0.25, -0.2) is 0 Å². The van der Waals surface area contributed by atoms with Gasteiger partial charge >= 0.3 is 0 Å². The van der Waals surface area contributed by atoms with E-state index in [9.17, 15) is 4.79 Å². The van der Waals surface area contributed by atoms with Crippen molar-refractivity contribution < 1.29 is 9.53 Å². The first-order valence-electron chi connectivity index (χ1n) is 10.3. The molecule has 2 unspecified atom stereocenters. The maximum atomic E-state index is 13.0. The predicted octanol–water partition coefficient (Wildman–Crippen LogP) is 3.77. The molecule has 29 heavy (non-hydrogen) atoms. The lowest BCUT2D eigenvalue weighted by molar-refractivity contribution is -0.123. The van der Waals surface area contributed by atoms with Crippen LogP contribution in [0.25, 0.3) is 5.70 Å². The number of benzene rings is 2. The molecule has 2 aromatic rings.